The van der Waals surface area contributed by atoms with E-state index in [0.717, 1.165) is 11.1 Å². The molecule has 2 amide bonds. The predicted octanol–water partition coefficient (Wildman–Crippen LogP) is 3.19. The number of carbonyl (C=O) groups excluding carboxylic acids is 2. The van der Waals surface area contributed by atoms with Crippen molar-refractivity contribution in [1.82, 2.24) is 24.4 Å². The minimum atomic E-state index is -0.323. The molecule has 0 saturated carbocycles. The molecule has 1 saturated heterocycles. The first-order chi connectivity index (χ1) is 16.0. The first kappa shape index (κ1) is 20.7. The van der Waals surface area contributed by atoms with Crippen LogP contribution in [0.4, 0.5) is 10.5 Å². The Morgan fingerprint density at radius 3 is 2.91 bits per heavy atom. The Hall–Kier alpha value is -4.21. The molecule has 33 heavy (non-hydrogen) atoms. The summed E-state index contributed by atoms with van der Waals surface area (Å²) in [5.41, 5.74) is 3.44. The smallest absolute Gasteiger partial charge is 0.409 e. The third-order valence-corrected chi connectivity index (χ3v) is 5.71. The maximum atomic E-state index is 12.9. The average molecular weight is 446 g/mol. The van der Waals surface area contributed by atoms with E-state index in [-0.39, 0.29) is 17.9 Å². The number of fused-ring (bicyclic) bond motifs is 1. The van der Waals surface area contributed by atoms with Crippen molar-refractivity contribution in [2.75, 3.05) is 25.5 Å². The van der Waals surface area contributed by atoms with Crippen LogP contribution in [0.2, 0.25) is 0 Å². The summed E-state index contributed by atoms with van der Waals surface area (Å²) in [5, 5.41) is 7.05. The number of hydrogen-bond acceptors (Lipinski definition) is 7. The van der Waals surface area contributed by atoms with E-state index in [4.69, 9.17) is 9.26 Å². The minimum Gasteiger partial charge on any atom is -0.453 e. The second-order valence-electron chi connectivity index (χ2n) is 8.01. The Balaban J connectivity index is 1.29. The van der Waals surface area contributed by atoms with Crippen LogP contribution < -0.4 is 5.32 Å². The molecule has 10 nitrogen and oxygen atoms in total. The van der Waals surface area contributed by atoms with Gasteiger partial charge in [0.1, 0.15) is 11.3 Å². The molecule has 0 radical (unpaired) electrons. The molecule has 1 aliphatic heterocycles. The van der Waals surface area contributed by atoms with Gasteiger partial charge in [-0.2, -0.15) is 4.98 Å². The number of imidazole rings is 1. The van der Waals surface area contributed by atoms with E-state index in [1.165, 1.54) is 7.11 Å². The number of anilines is 1. The van der Waals surface area contributed by atoms with E-state index in [0.29, 0.717) is 48.3 Å². The summed E-state index contributed by atoms with van der Waals surface area (Å²) < 4.78 is 11.9. The lowest BCUT2D eigenvalue weighted by Gasteiger charge is -2.37. The van der Waals surface area contributed by atoms with Crippen LogP contribution in [0.25, 0.3) is 17.0 Å². The van der Waals surface area contributed by atoms with E-state index in [9.17, 15) is 9.59 Å². The van der Waals surface area contributed by atoms with E-state index in [1.807, 2.05) is 43.3 Å². The van der Waals surface area contributed by atoms with Crippen molar-refractivity contribution in [2.45, 2.75) is 13.3 Å². The Morgan fingerprint density at radius 1 is 1.24 bits per heavy atom. The zero-order valence-corrected chi connectivity index (χ0v) is 18.2. The minimum absolute atomic E-state index is 0.260. The number of carbonyl (C=O) groups is 2. The third-order valence-electron chi connectivity index (χ3n) is 5.71. The highest BCUT2D eigenvalue weighted by Gasteiger charge is 2.32. The maximum Gasteiger partial charge on any atom is 0.409 e. The van der Waals surface area contributed by atoms with Crippen LogP contribution in [0.5, 0.6) is 0 Å². The number of aromatic nitrogens is 4. The molecule has 10 heteroatoms. The summed E-state index contributed by atoms with van der Waals surface area (Å²) in [5.74, 6) is 0.953. The van der Waals surface area contributed by atoms with Gasteiger partial charge in [0.15, 0.2) is 0 Å². The lowest BCUT2D eigenvalue weighted by atomic mass is 9.97. The predicted molar refractivity (Wildman–Crippen MR) is 119 cm³/mol. The number of nitrogens with zero attached hydrogens (tertiary/aromatic N) is 5. The van der Waals surface area contributed by atoms with Crippen LogP contribution in [0, 0.1) is 12.8 Å². The number of pyridine rings is 1. The monoisotopic (exact) mass is 446 g/mol. The van der Waals surface area contributed by atoms with Crippen LogP contribution in [-0.4, -0.2) is 56.6 Å². The van der Waals surface area contributed by atoms with Crippen molar-refractivity contribution in [2.24, 2.45) is 5.92 Å². The van der Waals surface area contributed by atoms with E-state index in [1.54, 1.807) is 21.7 Å². The number of likely N-dealkylation sites (tertiary alicyclic amines) is 1. The summed E-state index contributed by atoms with van der Waals surface area (Å²) in [6, 6.07) is 11.2. The van der Waals surface area contributed by atoms with Crippen molar-refractivity contribution < 1.29 is 18.8 Å². The molecular formula is C23H22N6O4. The fourth-order valence-electron chi connectivity index (χ4n) is 3.86. The van der Waals surface area contributed by atoms with Crippen LogP contribution in [-0.2, 0) is 11.2 Å². The summed E-state index contributed by atoms with van der Waals surface area (Å²) in [6.07, 6.45) is 3.62. The van der Waals surface area contributed by atoms with Crippen LogP contribution >= 0.6 is 0 Å². The van der Waals surface area contributed by atoms with Crippen molar-refractivity contribution in [3.63, 3.8) is 0 Å². The molecule has 0 bridgehead atoms. The van der Waals surface area contributed by atoms with Gasteiger partial charge in [-0.1, -0.05) is 23.4 Å². The number of benzene rings is 1. The third kappa shape index (κ3) is 4.02. The van der Waals surface area contributed by atoms with Gasteiger partial charge in [0.2, 0.25) is 11.7 Å². The number of nitrogens with one attached hydrogen (secondary N) is 1. The number of aryl methyl sites for hydroxylation is 1. The largest absolute Gasteiger partial charge is 0.453 e. The molecule has 0 atom stereocenters. The Morgan fingerprint density at radius 2 is 2.09 bits per heavy atom. The van der Waals surface area contributed by atoms with Gasteiger partial charge in [-0.25, -0.2) is 9.78 Å². The maximum absolute atomic E-state index is 12.9. The highest BCUT2D eigenvalue weighted by Crippen LogP contribution is 2.26. The number of amides is 2. The molecule has 4 heterocycles. The van der Waals surface area contributed by atoms with Crippen LogP contribution in [0.3, 0.4) is 0 Å². The van der Waals surface area contributed by atoms with Gasteiger partial charge in [0.05, 0.1) is 13.3 Å². The SMILES string of the molecule is COC(=O)N1CC(Cc2nc(-c3ccc(C)c(NC(=O)c4cnc5ccccn45)c3)no2)C1. The lowest BCUT2D eigenvalue weighted by molar-refractivity contribution is 0.0649. The molecule has 1 aliphatic rings. The number of hydrogen-bond donors (Lipinski definition) is 1. The van der Waals surface area contributed by atoms with Crippen molar-refractivity contribution in [3.8, 4) is 11.4 Å². The van der Waals surface area contributed by atoms with Gasteiger partial charge in [-0.15, -0.1) is 0 Å². The fourth-order valence-corrected chi connectivity index (χ4v) is 3.86. The molecule has 5 rings (SSSR count). The van der Waals surface area contributed by atoms with Crippen molar-refractivity contribution in [3.05, 3.63) is 65.9 Å². The Kier molecular flexibility index (Phi) is 5.25. The van der Waals surface area contributed by atoms with Gasteiger partial charge >= 0.3 is 6.09 Å². The van der Waals surface area contributed by atoms with Crippen LogP contribution in [0.15, 0.2) is 53.3 Å². The number of methoxy groups -OCH3 is 1. The summed E-state index contributed by atoms with van der Waals surface area (Å²) in [7, 11) is 1.37. The Labute approximate surface area is 189 Å². The fraction of sp³-hybridized carbons (Fsp3) is 0.261. The molecule has 0 spiro atoms. The summed E-state index contributed by atoms with van der Waals surface area (Å²) >= 11 is 0. The van der Waals surface area contributed by atoms with Gasteiger partial charge < -0.3 is 19.5 Å². The summed E-state index contributed by atoms with van der Waals surface area (Å²) in [4.78, 5) is 34.8. The second kappa shape index (κ2) is 8.38. The lowest BCUT2D eigenvalue weighted by Crippen LogP contribution is -2.50. The Bertz CT molecular complexity index is 1340. The zero-order valence-electron chi connectivity index (χ0n) is 18.2. The molecule has 0 unspecified atom stereocenters. The van der Waals surface area contributed by atoms with E-state index >= 15 is 0 Å². The first-order valence-corrected chi connectivity index (χ1v) is 10.5. The van der Waals surface area contributed by atoms with Crippen molar-refractivity contribution >= 4 is 23.3 Å². The molecule has 1 fully saturated rings. The molecule has 1 aromatic carbocycles. The second-order valence-corrected chi connectivity index (χ2v) is 8.01. The van der Waals surface area contributed by atoms with E-state index < -0.39 is 0 Å². The molecule has 0 aliphatic carbocycles. The van der Waals surface area contributed by atoms with Crippen molar-refractivity contribution in [1.29, 1.82) is 0 Å². The molecule has 168 valence electrons. The quantitative estimate of drug-likeness (QED) is 0.501. The average Bonchev–Trinajstić information content (AvgIpc) is 3.44. The topological polar surface area (TPSA) is 115 Å². The van der Waals surface area contributed by atoms with E-state index in [2.05, 4.69) is 20.4 Å². The van der Waals surface area contributed by atoms with Gasteiger partial charge in [-0.05, 0) is 30.7 Å². The molecule has 1 N–H and O–H groups in total. The highest BCUT2D eigenvalue weighted by molar-refractivity contribution is 6.04. The van der Waals surface area contributed by atoms with Gasteiger partial charge in [0, 0.05) is 42.9 Å². The molecule has 4 aromatic rings. The summed E-state index contributed by atoms with van der Waals surface area (Å²) in [6.45, 7) is 3.13. The molecule has 3 aromatic heterocycles. The standard InChI is InChI=1S/C23H22N6O4/c1-14-6-7-16(21-26-20(33-27-21)9-15-12-28(13-15)23(31)32-2)10-17(14)25-22(30)18-11-24-19-5-3-4-8-29(18)19/h3-8,10-11,15H,9,12-13H2,1-2H3,(H,25,30). The highest BCUT2D eigenvalue weighted by atomic mass is 16.5. The van der Waals surface area contributed by atoms with Gasteiger partial charge in [0.25, 0.3) is 5.91 Å². The van der Waals surface area contributed by atoms with Gasteiger partial charge in [-0.3, -0.25) is 9.20 Å². The zero-order chi connectivity index (χ0) is 22.9. The number of ether oxygens (including phenoxy) is 1. The molecular weight excluding hydrogens is 424 g/mol. The number of rotatable bonds is 5. The van der Waals surface area contributed by atoms with Crippen LogP contribution in [0.1, 0.15) is 21.9 Å². The normalized spacial score (nSPS) is 13.7. The first-order valence-electron chi connectivity index (χ1n) is 10.5.